The molecule has 0 spiro atoms. The molecule has 2 unspecified atom stereocenters. The molecule has 1 N–H and O–H groups in total. The van der Waals surface area contributed by atoms with Crippen LogP contribution in [0.3, 0.4) is 0 Å². The van der Waals surface area contributed by atoms with Gasteiger partial charge < -0.3 is 10.1 Å². The molecule has 0 radical (unpaired) electrons. The lowest BCUT2D eigenvalue weighted by Crippen LogP contribution is -2.13. The molecule has 1 aliphatic heterocycles. The third-order valence-corrected chi connectivity index (χ3v) is 6.08. The molecule has 1 aliphatic rings. The SMILES string of the molecule is CCC(OC(C)=O)c1ccc(Cl)c2c1nc1n2C(c2c(C)cc(Cl)cc2Cl)CN1. The molecule has 1 aromatic heterocycles. The smallest absolute Gasteiger partial charge is 0.303 e. The van der Waals surface area contributed by atoms with Gasteiger partial charge in [-0.1, -0.05) is 47.8 Å². The number of aromatic nitrogens is 2. The lowest BCUT2D eigenvalue weighted by Gasteiger charge is -2.20. The largest absolute Gasteiger partial charge is 0.458 e. The molecule has 0 amide bonds. The average Bonchev–Trinajstić information content (AvgIpc) is 3.20. The summed E-state index contributed by atoms with van der Waals surface area (Å²) in [5.41, 5.74) is 4.34. The molecule has 152 valence electrons. The van der Waals surface area contributed by atoms with Crippen LogP contribution in [-0.2, 0) is 9.53 Å². The van der Waals surface area contributed by atoms with Crippen LogP contribution in [-0.4, -0.2) is 22.1 Å². The maximum absolute atomic E-state index is 11.6. The molecule has 4 rings (SSSR count). The first-order chi connectivity index (χ1) is 13.8. The molecule has 0 bridgehead atoms. The van der Waals surface area contributed by atoms with E-state index >= 15 is 0 Å². The average molecular weight is 453 g/mol. The Morgan fingerprint density at radius 2 is 2.07 bits per heavy atom. The zero-order valence-electron chi connectivity index (χ0n) is 16.2. The summed E-state index contributed by atoms with van der Waals surface area (Å²) in [5, 5.41) is 5.14. The second-order valence-corrected chi connectivity index (χ2v) is 8.41. The van der Waals surface area contributed by atoms with E-state index in [4.69, 9.17) is 44.5 Å². The molecule has 2 heterocycles. The summed E-state index contributed by atoms with van der Waals surface area (Å²) in [4.78, 5) is 16.3. The van der Waals surface area contributed by atoms with Gasteiger partial charge in [0.2, 0.25) is 5.95 Å². The van der Waals surface area contributed by atoms with Crippen LogP contribution in [0.1, 0.15) is 49.1 Å². The fourth-order valence-corrected chi connectivity index (χ4v) is 5.05. The van der Waals surface area contributed by atoms with E-state index in [1.54, 1.807) is 6.07 Å². The van der Waals surface area contributed by atoms with Crippen LogP contribution in [0.15, 0.2) is 24.3 Å². The number of nitrogens with zero attached hydrogens (tertiary/aromatic N) is 2. The summed E-state index contributed by atoms with van der Waals surface area (Å²) in [6, 6.07) is 7.28. The number of hydrogen-bond acceptors (Lipinski definition) is 4. The van der Waals surface area contributed by atoms with Crippen LogP contribution in [0.2, 0.25) is 15.1 Å². The normalized spacial score (nSPS) is 16.6. The number of fused-ring (bicyclic) bond motifs is 3. The van der Waals surface area contributed by atoms with Crippen molar-refractivity contribution < 1.29 is 9.53 Å². The Hall–Kier alpha value is -1.95. The van der Waals surface area contributed by atoms with Crippen molar-refractivity contribution in [3.05, 3.63) is 56.0 Å². The van der Waals surface area contributed by atoms with Gasteiger partial charge in [0, 0.05) is 29.1 Å². The molecule has 29 heavy (non-hydrogen) atoms. The number of esters is 1. The van der Waals surface area contributed by atoms with Gasteiger partial charge in [0.15, 0.2) is 0 Å². The Balaban J connectivity index is 1.92. The van der Waals surface area contributed by atoms with E-state index in [1.165, 1.54) is 6.92 Å². The van der Waals surface area contributed by atoms with Gasteiger partial charge in [0.1, 0.15) is 6.10 Å². The fourth-order valence-electron chi connectivity index (χ4n) is 4.08. The monoisotopic (exact) mass is 451 g/mol. The predicted molar refractivity (Wildman–Crippen MR) is 117 cm³/mol. The number of carbonyl (C=O) groups is 1. The minimum absolute atomic E-state index is 0.0821. The van der Waals surface area contributed by atoms with Gasteiger partial charge >= 0.3 is 5.97 Å². The van der Waals surface area contributed by atoms with Crippen molar-refractivity contribution in [2.75, 3.05) is 11.9 Å². The number of hydrogen-bond donors (Lipinski definition) is 1. The summed E-state index contributed by atoms with van der Waals surface area (Å²) in [6.07, 6.45) is 0.250. The van der Waals surface area contributed by atoms with Gasteiger partial charge in [-0.3, -0.25) is 9.36 Å². The van der Waals surface area contributed by atoms with Crippen LogP contribution < -0.4 is 5.32 Å². The molecule has 0 aliphatic carbocycles. The molecule has 8 heteroatoms. The van der Waals surface area contributed by atoms with Crippen molar-refractivity contribution in [1.29, 1.82) is 0 Å². The Morgan fingerprint density at radius 1 is 1.31 bits per heavy atom. The number of anilines is 1. The van der Waals surface area contributed by atoms with Crippen molar-refractivity contribution in [3.8, 4) is 0 Å². The molecular formula is C21H20Cl3N3O2. The Kier molecular flexibility index (Phi) is 5.40. The van der Waals surface area contributed by atoms with Gasteiger partial charge in [-0.2, -0.15) is 0 Å². The summed E-state index contributed by atoms with van der Waals surface area (Å²) in [6.45, 7) is 6.01. The Morgan fingerprint density at radius 3 is 2.72 bits per heavy atom. The Bertz CT molecular complexity index is 1100. The highest BCUT2D eigenvalue weighted by Crippen LogP contribution is 2.42. The zero-order valence-corrected chi connectivity index (χ0v) is 18.5. The van der Waals surface area contributed by atoms with Crippen LogP contribution in [0, 0.1) is 6.92 Å². The topological polar surface area (TPSA) is 56.1 Å². The van der Waals surface area contributed by atoms with Crippen molar-refractivity contribution in [1.82, 2.24) is 9.55 Å². The third-order valence-electron chi connectivity index (χ3n) is 5.25. The number of benzene rings is 2. The van der Waals surface area contributed by atoms with Crippen molar-refractivity contribution in [2.45, 2.75) is 39.3 Å². The molecule has 0 fully saturated rings. The molecule has 0 saturated heterocycles. The van der Waals surface area contributed by atoms with E-state index in [-0.39, 0.29) is 18.1 Å². The minimum atomic E-state index is -0.387. The summed E-state index contributed by atoms with van der Waals surface area (Å²) in [7, 11) is 0. The number of ether oxygens (including phenoxy) is 1. The predicted octanol–water partition coefficient (Wildman–Crippen LogP) is 6.33. The standard InChI is InChI=1S/C21H20Cl3N3O2/c1-4-17(29-11(3)28)13-5-6-14(23)20-19(13)26-21-25-9-16(27(20)21)18-10(2)7-12(22)8-15(18)24/h5-8,16-17H,4,9H2,1-3H3,(H,25,26). The highest BCUT2D eigenvalue weighted by atomic mass is 35.5. The first-order valence-corrected chi connectivity index (χ1v) is 10.5. The number of nitrogens with one attached hydrogen (secondary N) is 1. The van der Waals surface area contributed by atoms with Crippen molar-refractivity contribution in [3.63, 3.8) is 0 Å². The molecule has 2 aromatic carbocycles. The molecular weight excluding hydrogens is 433 g/mol. The van der Waals surface area contributed by atoms with Crippen LogP contribution >= 0.6 is 34.8 Å². The molecule has 2 atom stereocenters. The lowest BCUT2D eigenvalue weighted by atomic mass is 10.0. The molecule has 3 aromatic rings. The van der Waals surface area contributed by atoms with E-state index in [9.17, 15) is 4.79 Å². The number of halogens is 3. The van der Waals surface area contributed by atoms with E-state index < -0.39 is 0 Å². The highest BCUT2D eigenvalue weighted by Gasteiger charge is 2.32. The second kappa shape index (κ2) is 7.71. The number of carbonyl (C=O) groups excluding carboxylic acids is 1. The maximum Gasteiger partial charge on any atom is 0.303 e. The quantitative estimate of drug-likeness (QED) is 0.470. The summed E-state index contributed by atoms with van der Waals surface area (Å²) < 4.78 is 7.58. The van der Waals surface area contributed by atoms with Crippen LogP contribution in [0.4, 0.5) is 5.95 Å². The van der Waals surface area contributed by atoms with Crippen molar-refractivity contribution in [2.24, 2.45) is 0 Å². The van der Waals surface area contributed by atoms with E-state index in [2.05, 4.69) is 9.88 Å². The lowest BCUT2D eigenvalue weighted by molar-refractivity contribution is -0.146. The van der Waals surface area contributed by atoms with Crippen LogP contribution in [0.5, 0.6) is 0 Å². The highest BCUT2D eigenvalue weighted by molar-refractivity contribution is 6.36. The second-order valence-electron chi connectivity index (χ2n) is 7.16. The zero-order chi connectivity index (χ0) is 20.9. The number of imidazole rings is 1. The van der Waals surface area contributed by atoms with Gasteiger partial charge in [-0.05, 0) is 42.7 Å². The van der Waals surface area contributed by atoms with E-state index in [1.807, 2.05) is 32.0 Å². The molecule has 0 saturated carbocycles. The fraction of sp³-hybridized carbons (Fsp3) is 0.333. The van der Waals surface area contributed by atoms with Crippen LogP contribution in [0.25, 0.3) is 11.0 Å². The summed E-state index contributed by atoms with van der Waals surface area (Å²) >= 11 is 19.3. The maximum atomic E-state index is 11.6. The van der Waals surface area contributed by atoms with Gasteiger partial charge in [0.25, 0.3) is 0 Å². The van der Waals surface area contributed by atoms with Crippen molar-refractivity contribution >= 4 is 57.8 Å². The Labute approximate surface area is 183 Å². The number of aryl methyl sites for hydroxylation is 1. The first-order valence-electron chi connectivity index (χ1n) is 9.38. The number of rotatable bonds is 4. The van der Waals surface area contributed by atoms with E-state index in [0.29, 0.717) is 34.0 Å². The van der Waals surface area contributed by atoms with E-state index in [0.717, 1.165) is 27.7 Å². The summed E-state index contributed by atoms with van der Waals surface area (Å²) in [5.74, 6) is 0.383. The third kappa shape index (κ3) is 3.45. The minimum Gasteiger partial charge on any atom is -0.458 e. The molecule has 5 nitrogen and oxygen atoms in total. The van der Waals surface area contributed by atoms with Gasteiger partial charge in [-0.25, -0.2) is 4.98 Å². The van der Waals surface area contributed by atoms with Gasteiger partial charge in [0.05, 0.1) is 22.1 Å². The first kappa shape index (κ1) is 20.3. The van der Waals surface area contributed by atoms with Gasteiger partial charge in [-0.15, -0.1) is 0 Å².